The maximum Gasteiger partial charge on any atom is 0.258 e. The molecule has 0 spiro atoms. The van der Waals surface area contributed by atoms with Crippen molar-refractivity contribution in [1.82, 2.24) is 9.88 Å². The molecule has 2 aromatic carbocycles. The lowest BCUT2D eigenvalue weighted by Crippen LogP contribution is -2.43. The van der Waals surface area contributed by atoms with Gasteiger partial charge in [-0.1, -0.05) is 47.9 Å². The SMILES string of the molecule is C#CCN1C(=O)c2ccccc2NC1c1cc2cccc(C)c2nc1Cl. The molecule has 1 atom stereocenters. The molecule has 3 aromatic rings. The molecule has 1 aliphatic rings. The van der Waals surface area contributed by atoms with E-state index in [1.54, 1.807) is 11.0 Å². The van der Waals surface area contributed by atoms with Crippen molar-refractivity contribution in [3.8, 4) is 12.3 Å². The molecule has 128 valence electrons. The topological polar surface area (TPSA) is 45.2 Å². The molecule has 4 rings (SSSR count). The van der Waals surface area contributed by atoms with Gasteiger partial charge in [0.15, 0.2) is 0 Å². The highest BCUT2D eigenvalue weighted by Crippen LogP contribution is 2.36. The third-order valence-electron chi connectivity index (χ3n) is 4.61. The van der Waals surface area contributed by atoms with E-state index in [0.717, 1.165) is 27.7 Å². The van der Waals surface area contributed by atoms with Gasteiger partial charge in [-0.05, 0) is 30.7 Å². The number of terminal acetylenes is 1. The lowest BCUT2D eigenvalue weighted by atomic mass is 10.0. The van der Waals surface area contributed by atoms with E-state index in [-0.39, 0.29) is 12.5 Å². The number of fused-ring (bicyclic) bond motifs is 2. The van der Waals surface area contributed by atoms with E-state index in [1.165, 1.54) is 0 Å². The van der Waals surface area contributed by atoms with E-state index in [2.05, 4.69) is 16.2 Å². The van der Waals surface area contributed by atoms with Crippen LogP contribution in [0, 0.1) is 19.3 Å². The number of halogens is 1. The van der Waals surface area contributed by atoms with Crippen LogP contribution in [0.4, 0.5) is 5.69 Å². The number of pyridine rings is 1. The summed E-state index contributed by atoms with van der Waals surface area (Å²) in [6.45, 7) is 2.17. The highest BCUT2D eigenvalue weighted by Gasteiger charge is 2.33. The smallest absolute Gasteiger partial charge is 0.258 e. The summed E-state index contributed by atoms with van der Waals surface area (Å²) in [5.41, 5.74) is 3.99. The van der Waals surface area contributed by atoms with Crippen molar-refractivity contribution in [2.24, 2.45) is 0 Å². The first-order chi connectivity index (χ1) is 12.6. The summed E-state index contributed by atoms with van der Waals surface area (Å²) in [6, 6.07) is 15.3. The van der Waals surface area contributed by atoms with Gasteiger partial charge in [0.05, 0.1) is 17.6 Å². The van der Waals surface area contributed by atoms with E-state index in [4.69, 9.17) is 18.0 Å². The quantitative estimate of drug-likeness (QED) is 0.543. The zero-order chi connectivity index (χ0) is 18.3. The predicted octanol–water partition coefficient (Wildman–Crippen LogP) is 4.40. The minimum atomic E-state index is -0.474. The second-order valence-corrected chi connectivity index (χ2v) is 6.60. The van der Waals surface area contributed by atoms with Crippen LogP contribution in [-0.2, 0) is 0 Å². The number of hydrogen-bond acceptors (Lipinski definition) is 3. The normalized spacial score (nSPS) is 16.1. The van der Waals surface area contributed by atoms with E-state index < -0.39 is 6.17 Å². The maximum absolute atomic E-state index is 12.9. The number of aromatic nitrogens is 1. The third-order valence-corrected chi connectivity index (χ3v) is 4.91. The van der Waals surface area contributed by atoms with Gasteiger partial charge in [-0.3, -0.25) is 4.79 Å². The van der Waals surface area contributed by atoms with Gasteiger partial charge in [-0.2, -0.15) is 0 Å². The first-order valence-electron chi connectivity index (χ1n) is 8.26. The third kappa shape index (κ3) is 2.58. The molecular weight excluding hydrogens is 346 g/mol. The zero-order valence-electron chi connectivity index (χ0n) is 14.2. The number of amides is 1. The molecular formula is C21H16ClN3O. The monoisotopic (exact) mass is 361 g/mol. The van der Waals surface area contributed by atoms with Crippen molar-refractivity contribution >= 4 is 34.1 Å². The first-order valence-corrected chi connectivity index (χ1v) is 8.63. The predicted molar refractivity (Wildman–Crippen MR) is 104 cm³/mol. The summed E-state index contributed by atoms with van der Waals surface area (Å²) in [5, 5.41) is 4.71. The van der Waals surface area contributed by atoms with Crippen LogP contribution in [0.15, 0.2) is 48.5 Å². The van der Waals surface area contributed by atoms with Crippen LogP contribution in [0.5, 0.6) is 0 Å². The van der Waals surface area contributed by atoms with Gasteiger partial charge in [0, 0.05) is 16.6 Å². The highest BCUT2D eigenvalue weighted by atomic mass is 35.5. The van der Waals surface area contributed by atoms with Crippen molar-refractivity contribution < 1.29 is 4.79 Å². The molecule has 0 aliphatic carbocycles. The fraction of sp³-hybridized carbons (Fsp3) is 0.143. The Kier molecular flexibility index (Phi) is 4.02. The van der Waals surface area contributed by atoms with Gasteiger partial charge in [-0.25, -0.2) is 4.98 Å². The molecule has 1 aliphatic heterocycles. The molecule has 1 unspecified atom stereocenters. The Morgan fingerprint density at radius 3 is 2.88 bits per heavy atom. The molecule has 0 radical (unpaired) electrons. The van der Waals surface area contributed by atoms with Crippen molar-refractivity contribution in [1.29, 1.82) is 0 Å². The minimum absolute atomic E-state index is 0.122. The van der Waals surface area contributed by atoms with Gasteiger partial charge in [-0.15, -0.1) is 6.42 Å². The maximum atomic E-state index is 12.9. The number of nitrogens with zero attached hydrogens (tertiary/aromatic N) is 2. The lowest BCUT2D eigenvalue weighted by molar-refractivity contribution is 0.0711. The number of carbonyl (C=O) groups excluding carboxylic acids is 1. The van der Waals surface area contributed by atoms with Crippen LogP contribution in [0.3, 0.4) is 0 Å². The van der Waals surface area contributed by atoms with Crippen molar-refractivity contribution in [3.05, 3.63) is 70.4 Å². The summed E-state index contributed by atoms with van der Waals surface area (Å²) in [6.07, 6.45) is 5.04. The summed E-state index contributed by atoms with van der Waals surface area (Å²) in [5.74, 6) is 2.44. The Hall–Kier alpha value is -3.03. The molecule has 1 amide bonds. The number of hydrogen-bond donors (Lipinski definition) is 1. The Morgan fingerprint density at radius 1 is 1.27 bits per heavy atom. The first kappa shape index (κ1) is 16.4. The summed E-state index contributed by atoms with van der Waals surface area (Å²) in [4.78, 5) is 19.1. The standard InChI is InChI=1S/C21H16ClN3O/c1-3-11-25-20(23-17-10-5-4-9-15(17)21(25)26)16-12-14-8-6-7-13(2)18(14)24-19(16)22/h1,4-10,12,20,23H,11H2,2H3. The van der Waals surface area contributed by atoms with E-state index in [9.17, 15) is 4.79 Å². The molecule has 0 fully saturated rings. The minimum Gasteiger partial charge on any atom is -0.361 e. The second-order valence-electron chi connectivity index (χ2n) is 6.24. The molecule has 0 bridgehead atoms. The van der Waals surface area contributed by atoms with E-state index >= 15 is 0 Å². The Labute approximate surface area is 156 Å². The molecule has 0 saturated carbocycles. The van der Waals surface area contributed by atoms with Crippen LogP contribution < -0.4 is 5.32 Å². The van der Waals surface area contributed by atoms with E-state index in [1.807, 2.05) is 49.4 Å². The Morgan fingerprint density at radius 2 is 2.08 bits per heavy atom. The van der Waals surface area contributed by atoms with Crippen molar-refractivity contribution in [2.75, 3.05) is 11.9 Å². The van der Waals surface area contributed by atoms with Gasteiger partial charge < -0.3 is 10.2 Å². The summed E-state index contributed by atoms with van der Waals surface area (Å²) < 4.78 is 0. The average molecular weight is 362 g/mol. The lowest BCUT2D eigenvalue weighted by Gasteiger charge is -2.37. The number of para-hydroxylation sites is 2. The molecule has 0 saturated heterocycles. The molecule has 4 nitrogen and oxygen atoms in total. The van der Waals surface area contributed by atoms with Crippen LogP contribution in [0.25, 0.3) is 10.9 Å². The van der Waals surface area contributed by atoms with Crippen LogP contribution in [0.1, 0.15) is 27.7 Å². The van der Waals surface area contributed by atoms with Crippen molar-refractivity contribution in [2.45, 2.75) is 13.1 Å². The van der Waals surface area contributed by atoms with Crippen LogP contribution in [-0.4, -0.2) is 22.3 Å². The zero-order valence-corrected chi connectivity index (χ0v) is 14.9. The van der Waals surface area contributed by atoms with Crippen molar-refractivity contribution in [3.63, 3.8) is 0 Å². The van der Waals surface area contributed by atoms with Gasteiger partial charge >= 0.3 is 0 Å². The number of carbonyl (C=O) groups is 1. The largest absolute Gasteiger partial charge is 0.361 e. The molecule has 2 heterocycles. The molecule has 5 heteroatoms. The molecule has 26 heavy (non-hydrogen) atoms. The Balaban J connectivity index is 1.88. The number of rotatable bonds is 2. The number of aryl methyl sites for hydroxylation is 1. The van der Waals surface area contributed by atoms with Gasteiger partial charge in [0.25, 0.3) is 5.91 Å². The van der Waals surface area contributed by atoms with Gasteiger partial charge in [0.1, 0.15) is 11.3 Å². The summed E-state index contributed by atoms with van der Waals surface area (Å²) >= 11 is 6.51. The Bertz CT molecular complexity index is 1070. The molecule has 1 aromatic heterocycles. The number of anilines is 1. The number of benzene rings is 2. The number of nitrogens with one attached hydrogen (secondary N) is 1. The fourth-order valence-electron chi connectivity index (χ4n) is 3.33. The molecule has 1 N–H and O–H groups in total. The summed E-state index contributed by atoms with van der Waals surface area (Å²) in [7, 11) is 0. The second kappa shape index (κ2) is 6.36. The average Bonchev–Trinajstić information content (AvgIpc) is 2.64. The highest BCUT2D eigenvalue weighted by molar-refractivity contribution is 6.30. The van der Waals surface area contributed by atoms with Crippen LogP contribution >= 0.6 is 11.6 Å². The fourth-order valence-corrected chi connectivity index (χ4v) is 3.57. The van der Waals surface area contributed by atoms with Crippen LogP contribution in [0.2, 0.25) is 5.15 Å². The van der Waals surface area contributed by atoms with Gasteiger partial charge in [0.2, 0.25) is 0 Å². The van der Waals surface area contributed by atoms with E-state index in [0.29, 0.717) is 10.7 Å².